The number of benzene rings is 1. The minimum atomic E-state index is -0.345. The topological polar surface area (TPSA) is 55.2 Å². The monoisotopic (exact) mass is 254 g/mol. The number of rotatable bonds is 7. The molecule has 0 aliphatic rings. The van der Waals surface area contributed by atoms with Gasteiger partial charge in [-0.2, -0.15) is 11.8 Å². The normalized spacial score (nSPS) is 10.2. The molecular weight excluding hydrogens is 236 g/mol. The van der Waals surface area contributed by atoms with E-state index in [-0.39, 0.29) is 10.6 Å². The van der Waals surface area contributed by atoms with Gasteiger partial charge in [0.2, 0.25) is 0 Å². The number of nitrogens with zero attached hydrogens (tertiary/aromatic N) is 1. The minimum Gasteiger partial charge on any atom is -0.379 e. The van der Waals surface area contributed by atoms with Crippen molar-refractivity contribution in [2.24, 2.45) is 0 Å². The van der Waals surface area contributed by atoms with Crippen molar-refractivity contribution in [1.29, 1.82) is 0 Å². The molecule has 1 rings (SSSR count). The molecule has 0 saturated heterocycles. The highest BCUT2D eigenvalue weighted by atomic mass is 32.2. The Balaban J connectivity index is 2.56. The summed E-state index contributed by atoms with van der Waals surface area (Å²) in [6, 6.07) is 5.14. The molecule has 0 aliphatic heterocycles. The lowest BCUT2D eigenvalue weighted by Gasteiger charge is -2.07. The molecule has 0 aliphatic carbocycles. The quantitative estimate of drug-likeness (QED) is 0.460. The second-order valence-electron chi connectivity index (χ2n) is 3.75. The molecule has 1 aromatic rings. The van der Waals surface area contributed by atoms with E-state index < -0.39 is 0 Å². The minimum absolute atomic E-state index is 0.152. The second-order valence-corrected chi connectivity index (χ2v) is 5.15. The summed E-state index contributed by atoms with van der Waals surface area (Å²) in [6.07, 6.45) is 1.02. The van der Waals surface area contributed by atoms with Gasteiger partial charge in [-0.3, -0.25) is 10.1 Å². The van der Waals surface area contributed by atoms with E-state index in [0.29, 0.717) is 5.69 Å². The fourth-order valence-electron chi connectivity index (χ4n) is 1.49. The van der Waals surface area contributed by atoms with Crippen molar-refractivity contribution >= 4 is 23.1 Å². The number of thioether (sulfide) groups is 1. The van der Waals surface area contributed by atoms with Crippen LogP contribution in [0.15, 0.2) is 18.2 Å². The van der Waals surface area contributed by atoms with Gasteiger partial charge >= 0.3 is 0 Å². The molecule has 0 bridgehead atoms. The molecule has 4 nitrogen and oxygen atoms in total. The van der Waals surface area contributed by atoms with Crippen LogP contribution in [0, 0.1) is 17.0 Å². The van der Waals surface area contributed by atoms with Gasteiger partial charge in [0, 0.05) is 12.6 Å². The van der Waals surface area contributed by atoms with Crippen molar-refractivity contribution in [3.63, 3.8) is 0 Å². The van der Waals surface area contributed by atoms with Crippen molar-refractivity contribution in [3.05, 3.63) is 33.9 Å². The SMILES string of the molecule is CCSCCCNc1cc(C)ccc1[N+](=O)[O-]. The molecule has 17 heavy (non-hydrogen) atoms. The molecule has 94 valence electrons. The van der Waals surface area contributed by atoms with Crippen LogP contribution in [0.25, 0.3) is 0 Å². The first-order valence-electron chi connectivity index (χ1n) is 5.71. The van der Waals surface area contributed by atoms with E-state index in [2.05, 4.69) is 12.2 Å². The summed E-state index contributed by atoms with van der Waals surface area (Å²) in [7, 11) is 0. The van der Waals surface area contributed by atoms with Crippen molar-refractivity contribution < 1.29 is 4.92 Å². The van der Waals surface area contributed by atoms with E-state index >= 15 is 0 Å². The Morgan fingerprint density at radius 1 is 1.47 bits per heavy atom. The van der Waals surface area contributed by atoms with Crippen LogP contribution in [-0.2, 0) is 0 Å². The van der Waals surface area contributed by atoms with Crippen molar-refractivity contribution in [2.75, 3.05) is 23.4 Å². The number of hydrogen-bond donors (Lipinski definition) is 1. The summed E-state index contributed by atoms with van der Waals surface area (Å²) in [4.78, 5) is 10.5. The van der Waals surface area contributed by atoms with Crippen LogP contribution in [0.1, 0.15) is 18.9 Å². The lowest BCUT2D eigenvalue weighted by Crippen LogP contribution is -2.05. The van der Waals surface area contributed by atoms with Crippen LogP contribution in [0.5, 0.6) is 0 Å². The zero-order chi connectivity index (χ0) is 12.7. The lowest BCUT2D eigenvalue weighted by molar-refractivity contribution is -0.384. The fraction of sp³-hybridized carbons (Fsp3) is 0.500. The average molecular weight is 254 g/mol. The van der Waals surface area contributed by atoms with E-state index in [1.54, 1.807) is 12.1 Å². The average Bonchev–Trinajstić information content (AvgIpc) is 2.28. The van der Waals surface area contributed by atoms with E-state index in [9.17, 15) is 10.1 Å². The van der Waals surface area contributed by atoms with Crippen molar-refractivity contribution in [2.45, 2.75) is 20.3 Å². The molecule has 0 unspecified atom stereocenters. The molecule has 0 saturated carbocycles. The molecule has 0 spiro atoms. The number of nitro benzene ring substituents is 1. The molecule has 0 aromatic heterocycles. The third kappa shape index (κ3) is 4.65. The number of hydrogen-bond acceptors (Lipinski definition) is 4. The van der Waals surface area contributed by atoms with Crippen molar-refractivity contribution in [1.82, 2.24) is 0 Å². The predicted octanol–water partition coefficient (Wildman–Crippen LogP) is 3.46. The van der Waals surface area contributed by atoms with Crippen LogP contribution in [0.2, 0.25) is 0 Å². The largest absolute Gasteiger partial charge is 0.379 e. The van der Waals surface area contributed by atoms with Crippen molar-refractivity contribution in [3.8, 4) is 0 Å². The maximum atomic E-state index is 10.8. The van der Waals surface area contributed by atoms with Gasteiger partial charge in [-0.05, 0) is 36.5 Å². The smallest absolute Gasteiger partial charge is 0.292 e. The van der Waals surface area contributed by atoms with Crippen LogP contribution < -0.4 is 5.32 Å². The van der Waals surface area contributed by atoms with Gasteiger partial charge in [-0.1, -0.05) is 13.0 Å². The number of aryl methyl sites for hydroxylation is 1. The summed E-state index contributed by atoms with van der Waals surface area (Å²) in [5.41, 5.74) is 1.80. The Hall–Kier alpha value is -1.23. The third-order valence-corrected chi connectivity index (χ3v) is 3.32. The highest BCUT2D eigenvalue weighted by molar-refractivity contribution is 7.99. The second kappa shape index (κ2) is 7.17. The van der Waals surface area contributed by atoms with Gasteiger partial charge in [0.1, 0.15) is 5.69 Å². The fourth-order valence-corrected chi connectivity index (χ4v) is 2.13. The molecule has 0 fully saturated rings. The zero-order valence-corrected chi connectivity index (χ0v) is 11.0. The van der Waals surface area contributed by atoms with Gasteiger partial charge in [-0.15, -0.1) is 0 Å². The van der Waals surface area contributed by atoms with E-state index in [4.69, 9.17) is 0 Å². The molecule has 0 amide bonds. The predicted molar refractivity (Wildman–Crippen MR) is 73.9 cm³/mol. The van der Waals surface area contributed by atoms with Gasteiger partial charge in [0.25, 0.3) is 5.69 Å². The van der Waals surface area contributed by atoms with Crippen LogP contribution >= 0.6 is 11.8 Å². The van der Waals surface area contributed by atoms with Crippen LogP contribution in [0.4, 0.5) is 11.4 Å². The third-order valence-electron chi connectivity index (χ3n) is 2.33. The van der Waals surface area contributed by atoms with Gasteiger partial charge in [0.15, 0.2) is 0 Å². The Kier molecular flexibility index (Phi) is 5.83. The molecule has 0 heterocycles. The maximum absolute atomic E-state index is 10.8. The van der Waals surface area contributed by atoms with E-state index in [1.807, 2.05) is 24.8 Å². The zero-order valence-electron chi connectivity index (χ0n) is 10.2. The number of anilines is 1. The van der Waals surface area contributed by atoms with E-state index in [0.717, 1.165) is 30.0 Å². The van der Waals surface area contributed by atoms with Gasteiger partial charge in [0.05, 0.1) is 4.92 Å². The van der Waals surface area contributed by atoms with Gasteiger partial charge < -0.3 is 5.32 Å². The Bertz CT molecular complexity index is 383. The first-order valence-corrected chi connectivity index (χ1v) is 6.87. The summed E-state index contributed by atoms with van der Waals surface area (Å²) in [5, 5.41) is 14.0. The van der Waals surface area contributed by atoms with Crippen LogP contribution in [0.3, 0.4) is 0 Å². The Labute approximate surface area is 106 Å². The standard InChI is InChI=1S/C12H18N2O2S/c1-3-17-8-4-7-13-11-9-10(2)5-6-12(11)14(15)16/h5-6,9,13H,3-4,7-8H2,1-2H3. The summed E-state index contributed by atoms with van der Waals surface area (Å²) in [5.74, 6) is 2.20. The number of nitro groups is 1. The van der Waals surface area contributed by atoms with E-state index in [1.165, 1.54) is 0 Å². The highest BCUT2D eigenvalue weighted by Gasteiger charge is 2.12. The molecule has 0 atom stereocenters. The lowest BCUT2D eigenvalue weighted by atomic mass is 10.2. The maximum Gasteiger partial charge on any atom is 0.292 e. The first-order chi connectivity index (χ1) is 8.15. The molecule has 1 aromatic carbocycles. The van der Waals surface area contributed by atoms with Gasteiger partial charge in [-0.25, -0.2) is 0 Å². The number of nitrogens with one attached hydrogen (secondary N) is 1. The summed E-state index contributed by atoms with van der Waals surface area (Å²) in [6.45, 7) is 4.84. The summed E-state index contributed by atoms with van der Waals surface area (Å²) >= 11 is 1.88. The Morgan fingerprint density at radius 2 is 2.24 bits per heavy atom. The van der Waals surface area contributed by atoms with Crippen LogP contribution in [-0.4, -0.2) is 23.0 Å². The molecular formula is C12H18N2O2S. The highest BCUT2D eigenvalue weighted by Crippen LogP contribution is 2.25. The summed E-state index contributed by atoms with van der Waals surface area (Å²) < 4.78 is 0. The molecule has 0 radical (unpaired) electrons. The Morgan fingerprint density at radius 3 is 2.88 bits per heavy atom. The molecule has 1 N–H and O–H groups in total. The first kappa shape index (κ1) is 13.8. The molecule has 5 heteroatoms.